The summed E-state index contributed by atoms with van der Waals surface area (Å²) in [6.45, 7) is 6.36. The van der Waals surface area contributed by atoms with Crippen LogP contribution in [0.15, 0.2) is 122 Å². The minimum Gasteiger partial charge on any atom is -0.462 e. The molecule has 0 amide bonds. The van der Waals surface area contributed by atoms with E-state index in [-0.39, 0.29) is 31.1 Å². The fourth-order valence-corrected chi connectivity index (χ4v) is 7.85. The number of hydrogen-bond acceptors (Lipinski definition) is 6. The van der Waals surface area contributed by atoms with E-state index >= 15 is 0 Å². The zero-order chi connectivity index (χ0) is 52.2. The van der Waals surface area contributed by atoms with Gasteiger partial charge in [-0.25, -0.2) is 0 Å². The van der Waals surface area contributed by atoms with Gasteiger partial charge in [0.2, 0.25) is 0 Å². The van der Waals surface area contributed by atoms with Crippen molar-refractivity contribution in [2.45, 2.75) is 264 Å². The van der Waals surface area contributed by atoms with Crippen LogP contribution in [-0.4, -0.2) is 37.2 Å². The third kappa shape index (κ3) is 56.7. The average molecular weight is 998 g/mol. The topological polar surface area (TPSA) is 78.9 Å². The predicted molar refractivity (Wildman–Crippen MR) is 311 cm³/mol. The Morgan fingerprint density at radius 1 is 0.292 bits per heavy atom. The number of carbonyl (C=O) groups is 3. The largest absolute Gasteiger partial charge is 0.462 e. The van der Waals surface area contributed by atoms with Crippen LogP contribution in [-0.2, 0) is 28.6 Å². The third-order valence-corrected chi connectivity index (χ3v) is 12.2. The van der Waals surface area contributed by atoms with Gasteiger partial charge < -0.3 is 14.2 Å². The summed E-state index contributed by atoms with van der Waals surface area (Å²) in [6.07, 6.45) is 82.1. The van der Waals surface area contributed by atoms with Gasteiger partial charge in [0.15, 0.2) is 6.10 Å². The molecule has 0 aliphatic heterocycles. The van der Waals surface area contributed by atoms with Crippen LogP contribution in [0.3, 0.4) is 0 Å². The van der Waals surface area contributed by atoms with Crippen molar-refractivity contribution in [2.75, 3.05) is 13.2 Å². The highest BCUT2D eigenvalue weighted by Crippen LogP contribution is 2.15. The minimum atomic E-state index is -0.789. The molecule has 0 saturated carbocycles. The van der Waals surface area contributed by atoms with Crippen molar-refractivity contribution in [3.63, 3.8) is 0 Å². The maximum absolute atomic E-state index is 12.8. The smallest absolute Gasteiger partial charge is 0.306 e. The molecule has 1 atom stereocenters. The first kappa shape index (κ1) is 67.8. The fraction of sp³-hybridized carbons (Fsp3) is 0.652. The van der Waals surface area contributed by atoms with Gasteiger partial charge in [0.25, 0.3) is 0 Å². The lowest BCUT2D eigenvalue weighted by atomic mass is 10.1. The summed E-state index contributed by atoms with van der Waals surface area (Å²) in [6, 6.07) is 0. The van der Waals surface area contributed by atoms with Crippen LogP contribution in [0.5, 0.6) is 0 Å². The summed E-state index contributed by atoms with van der Waals surface area (Å²) in [4.78, 5) is 38.0. The molecule has 0 aromatic heterocycles. The van der Waals surface area contributed by atoms with Gasteiger partial charge in [0.1, 0.15) is 13.2 Å². The molecule has 6 heteroatoms. The standard InChI is InChI=1S/C66H108O6/c1-4-7-10-13-16-19-21-23-25-26-27-28-29-30-31-32-33-34-35-36-37-38-39-40-42-43-45-47-50-53-56-59-65(68)71-62-63(61-70-64(67)58-55-52-49-18-15-12-9-6-3)72-66(69)60-57-54-51-48-46-44-41-24-22-20-17-14-11-8-5-2/h7-8,10-11,16-17,19-20,23-25,27-28,30-31,33-34,36-37,41,63H,4-6,9,12-15,18,21-22,26,29,32,35,38-40,42-62H2,1-3H3/b10-7-,11-8-,19-16-,20-17-,25-23-,28-27-,31-30-,34-33-,37-36-,41-24-. The molecule has 0 fully saturated rings. The Balaban J connectivity index is 4.19. The summed E-state index contributed by atoms with van der Waals surface area (Å²) in [5, 5.41) is 0. The summed E-state index contributed by atoms with van der Waals surface area (Å²) in [5.74, 6) is -0.917. The van der Waals surface area contributed by atoms with Gasteiger partial charge in [0.05, 0.1) is 0 Å². The molecule has 0 rings (SSSR count). The fourth-order valence-electron chi connectivity index (χ4n) is 7.85. The third-order valence-electron chi connectivity index (χ3n) is 12.2. The molecule has 1 unspecified atom stereocenters. The van der Waals surface area contributed by atoms with E-state index in [2.05, 4.69) is 142 Å². The normalized spacial score (nSPS) is 13.0. The molecule has 0 N–H and O–H groups in total. The van der Waals surface area contributed by atoms with Gasteiger partial charge in [-0.1, -0.05) is 251 Å². The molecule has 0 aliphatic carbocycles. The number of rotatable bonds is 52. The van der Waals surface area contributed by atoms with Crippen LogP contribution in [0, 0.1) is 0 Å². The number of carbonyl (C=O) groups excluding carboxylic acids is 3. The first-order valence-electron chi connectivity index (χ1n) is 29.5. The number of hydrogen-bond donors (Lipinski definition) is 0. The molecular weight excluding hydrogens is 889 g/mol. The predicted octanol–water partition coefficient (Wildman–Crippen LogP) is 20.0. The maximum atomic E-state index is 12.8. The van der Waals surface area contributed by atoms with Gasteiger partial charge in [-0.2, -0.15) is 0 Å². The van der Waals surface area contributed by atoms with Crippen LogP contribution in [0.25, 0.3) is 0 Å². The van der Waals surface area contributed by atoms with Gasteiger partial charge >= 0.3 is 17.9 Å². The van der Waals surface area contributed by atoms with Crippen molar-refractivity contribution in [1.82, 2.24) is 0 Å². The summed E-state index contributed by atoms with van der Waals surface area (Å²) in [7, 11) is 0. The Morgan fingerprint density at radius 2 is 0.542 bits per heavy atom. The van der Waals surface area contributed by atoms with Gasteiger partial charge in [-0.05, 0) is 109 Å². The Labute approximate surface area is 443 Å². The highest BCUT2D eigenvalue weighted by Gasteiger charge is 2.19. The van der Waals surface area contributed by atoms with E-state index in [0.29, 0.717) is 19.3 Å². The van der Waals surface area contributed by atoms with Crippen molar-refractivity contribution < 1.29 is 28.6 Å². The van der Waals surface area contributed by atoms with E-state index in [1.807, 2.05) is 0 Å². The Bertz CT molecular complexity index is 1520. The van der Waals surface area contributed by atoms with Crippen LogP contribution < -0.4 is 0 Å². The van der Waals surface area contributed by atoms with E-state index < -0.39 is 6.10 Å². The van der Waals surface area contributed by atoms with Crippen molar-refractivity contribution in [3.8, 4) is 0 Å². The average Bonchev–Trinajstić information content (AvgIpc) is 3.38. The first-order valence-corrected chi connectivity index (χ1v) is 29.5. The SMILES string of the molecule is CC/C=C\C/C=C\C/C=C\C/C=C\C/C=C\C/C=C\C/C=C\CCCCCCCCCCCC(=O)OCC(COC(=O)CCCCCCCCCC)OC(=O)CCCCCCC/C=C\C/C=C\C/C=C\CC. The van der Waals surface area contributed by atoms with E-state index in [1.54, 1.807) is 0 Å². The lowest BCUT2D eigenvalue weighted by Gasteiger charge is -2.18. The summed E-state index contributed by atoms with van der Waals surface area (Å²) in [5.41, 5.74) is 0. The second kappa shape index (κ2) is 59.4. The van der Waals surface area contributed by atoms with Gasteiger partial charge in [0, 0.05) is 19.3 Å². The van der Waals surface area contributed by atoms with Crippen LogP contribution >= 0.6 is 0 Å². The highest BCUT2D eigenvalue weighted by molar-refractivity contribution is 5.71. The lowest BCUT2D eigenvalue weighted by molar-refractivity contribution is -0.167. The molecular formula is C66H108O6. The van der Waals surface area contributed by atoms with Gasteiger partial charge in [-0.15, -0.1) is 0 Å². The first-order chi connectivity index (χ1) is 35.5. The molecule has 0 radical (unpaired) electrons. The Kier molecular flexibility index (Phi) is 55.9. The molecule has 6 nitrogen and oxygen atoms in total. The lowest BCUT2D eigenvalue weighted by Crippen LogP contribution is -2.30. The van der Waals surface area contributed by atoms with E-state index in [9.17, 15) is 14.4 Å². The van der Waals surface area contributed by atoms with Crippen molar-refractivity contribution >= 4 is 17.9 Å². The number of allylic oxidation sites excluding steroid dienone is 20. The van der Waals surface area contributed by atoms with E-state index in [4.69, 9.17) is 14.2 Å². The van der Waals surface area contributed by atoms with E-state index in [1.165, 1.54) is 70.6 Å². The summed E-state index contributed by atoms with van der Waals surface area (Å²) >= 11 is 0. The van der Waals surface area contributed by atoms with Gasteiger partial charge in [-0.3, -0.25) is 14.4 Å². The number of esters is 3. The minimum absolute atomic E-state index is 0.0874. The zero-order valence-electron chi connectivity index (χ0n) is 46.7. The highest BCUT2D eigenvalue weighted by atomic mass is 16.6. The molecule has 0 aromatic carbocycles. The Hall–Kier alpha value is -4.19. The van der Waals surface area contributed by atoms with E-state index in [0.717, 1.165) is 148 Å². The second-order valence-electron chi connectivity index (χ2n) is 19.1. The molecule has 0 aromatic rings. The quantitative estimate of drug-likeness (QED) is 0.0261. The Morgan fingerprint density at radius 3 is 0.847 bits per heavy atom. The van der Waals surface area contributed by atoms with Crippen LogP contribution in [0.2, 0.25) is 0 Å². The van der Waals surface area contributed by atoms with Crippen molar-refractivity contribution in [1.29, 1.82) is 0 Å². The molecule has 0 saturated heterocycles. The molecule has 0 bridgehead atoms. The van der Waals surface area contributed by atoms with Crippen molar-refractivity contribution in [2.24, 2.45) is 0 Å². The van der Waals surface area contributed by atoms with Crippen LogP contribution in [0.4, 0.5) is 0 Å². The molecule has 0 heterocycles. The molecule has 0 spiro atoms. The molecule has 0 aliphatic rings. The molecule has 408 valence electrons. The van der Waals surface area contributed by atoms with Crippen LogP contribution in [0.1, 0.15) is 258 Å². The maximum Gasteiger partial charge on any atom is 0.306 e. The monoisotopic (exact) mass is 997 g/mol. The van der Waals surface area contributed by atoms with Crippen molar-refractivity contribution in [3.05, 3.63) is 122 Å². The zero-order valence-corrected chi connectivity index (χ0v) is 46.7. The number of unbranched alkanes of at least 4 members (excludes halogenated alkanes) is 21. The summed E-state index contributed by atoms with van der Waals surface area (Å²) < 4.78 is 16.8. The number of ether oxygens (including phenoxy) is 3. The second-order valence-corrected chi connectivity index (χ2v) is 19.1. The molecule has 72 heavy (non-hydrogen) atoms.